The molecule has 0 aromatic heterocycles. The van der Waals surface area contributed by atoms with Crippen LogP contribution in [0.25, 0.3) is 0 Å². The molecule has 0 radical (unpaired) electrons. The van der Waals surface area contributed by atoms with Crippen LogP contribution in [-0.2, 0) is 4.74 Å². The Morgan fingerprint density at radius 1 is 1.29 bits per heavy atom. The summed E-state index contributed by atoms with van der Waals surface area (Å²) in [6, 6.07) is 13.9. The zero-order chi connectivity index (χ0) is 21.8. The van der Waals surface area contributed by atoms with Crippen molar-refractivity contribution in [3.63, 3.8) is 0 Å². The van der Waals surface area contributed by atoms with Crippen molar-refractivity contribution in [3.05, 3.63) is 65.4 Å². The van der Waals surface area contributed by atoms with E-state index >= 15 is 0 Å². The minimum Gasteiger partial charge on any atom is -0.498 e. The third-order valence-electron chi connectivity index (χ3n) is 5.83. The molecule has 2 atom stereocenters. The lowest BCUT2D eigenvalue weighted by Gasteiger charge is -2.39. The van der Waals surface area contributed by atoms with Crippen LogP contribution in [0.15, 0.2) is 59.8 Å². The van der Waals surface area contributed by atoms with E-state index in [1.54, 1.807) is 0 Å². The molecular weight excluding hydrogens is 410 g/mol. The Morgan fingerprint density at radius 3 is 2.94 bits per heavy atom. The number of hydrogen-bond acceptors (Lipinski definition) is 5. The summed E-state index contributed by atoms with van der Waals surface area (Å²) in [6.45, 7) is 11.6. The second kappa shape index (κ2) is 9.75. The fourth-order valence-corrected chi connectivity index (χ4v) is 4.53. The number of benzene rings is 2. The Morgan fingerprint density at radius 2 is 2.13 bits per heavy atom. The maximum absolute atomic E-state index is 6.27. The van der Waals surface area contributed by atoms with Crippen LogP contribution in [0, 0.1) is 5.92 Å². The number of piperazine rings is 1. The second-order valence-corrected chi connectivity index (χ2v) is 8.38. The fourth-order valence-electron chi connectivity index (χ4n) is 4.37. The summed E-state index contributed by atoms with van der Waals surface area (Å²) in [4.78, 5) is 7.39. The predicted octanol–water partition coefficient (Wildman–Crippen LogP) is 5.76. The van der Waals surface area contributed by atoms with Crippen LogP contribution in [0.2, 0.25) is 5.02 Å². The molecule has 5 nitrogen and oxygen atoms in total. The van der Waals surface area contributed by atoms with Crippen molar-refractivity contribution < 1.29 is 9.47 Å². The standard InChI is InChI=1S/C25H30ClN3O2/c1-4-8-19(17(3)30-5-2)22-16-29(14-13-27-22)25-20-9-6-7-10-23(20)31-24-12-11-18(26)15-21(24)28-25/h6-7,9-12,15,19,22,27H,3-5,8,13-14,16H2,1-2H3. The average Bonchev–Trinajstić information content (AvgIpc) is 2.94. The van der Waals surface area contributed by atoms with Gasteiger partial charge in [0.15, 0.2) is 5.75 Å². The summed E-state index contributed by atoms with van der Waals surface area (Å²) in [5.74, 6) is 3.56. The van der Waals surface area contributed by atoms with Gasteiger partial charge in [-0.2, -0.15) is 0 Å². The summed E-state index contributed by atoms with van der Waals surface area (Å²) >= 11 is 6.27. The van der Waals surface area contributed by atoms with Crippen molar-refractivity contribution in [1.82, 2.24) is 10.2 Å². The Hall–Kier alpha value is -2.50. The normalized spacial score (nSPS) is 18.7. The Kier molecular flexibility index (Phi) is 6.83. The van der Waals surface area contributed by atoms with Gasteiger partial charge >= 0.3 is 0 Å². The zero-order valence-electron chi connectivity index (χ0n) is 18.2. The molecule has 0 spiro atoms. The van der Waals surface area contributed by atoms with E-state index < -0.39 is 0 Å². The van der Waals surface area contributed by atoms with Crippen LogP contribution >= 0.6 is 11.6 Å². The third-order valence-corrected chi connectivity index (χ3v) is 6.06. The highest BCUT2D eigenvalue weighted by Gasteiger charge is 2.32. The van der Waals surface area contributed by atoms with Crippen molar-refractivity contribution in [2.45, 2.75) is 32.7 Å². The molecule has 164 valence electrons. The molecule has 2 aromatic rings. The van der Waals surface area contributed by atoms with E-state index in [1.807, 2.05) is 43.3 Å². The lowest BCUT2D eigenvalue weighted by molar-refractivity contribution is 0.148. The van der Waals surface area contributed by atoms with E-state index in [2.05, 4.69) is 29.8 Å². The first-order valence-electron chi connectivity index (χ1n) is 11.1. The number of para-hydroxylation sites is 1. The Labute approximate surface area is 189 Å². The quantitative estimate of drug-likeness (QED) is 0.581. The molecule has 4 rings (SSSR count). The van der Waals surface area contributed by atoms with Crippen molar-refractivity contribution >= 4 is 23.1 Å². The molecule has 1 fully saturated rings. The third kappa shape index (κ3) is 4.73. The van der Waals surface area contributed by atoms with Gasteiger partial charge in [0.1, 0.15) is 17.3 Å². The minimum atomic E-state index is 0.241. The number of nitrogens with zero attached hydrogens (tertiary/aromatic N) is 2. The molecule has 0 amide bonds. The molecule has 2 aromatic carbocycles. The average molecular weight is 440 g/mol. The largest absolute Gasteiger partial charge is 0.498 e. The smallest absolute Gasteiger partial charge is 0.153 e. The molecule has 1 N–H and O–H groups in total. The topological polar surface area (TPSA) is 46.1 Å². The summed E-state index contributed by atoms with van der Waals surface area (Å²) < 4.78 is 12.0. The van der Waals surface area contributed by atoms with E-state index in [-0.39, 0.29) is 12.0 Å². The van der Waals surface area contributed by atoms with Gasteiger partial charge in [-0.3, -0.25) is 0 Å². The lowest BCUT2D eigenvalue weighted by Crippen LogP contribution is -2.55. The number of rotatable bonds is 6. The molecule has 0 saturated carbocycles. The van der Waals surface area contributed by atoms with Crippen LogP contribution < -0.4 is 10.1 Å². The number of halogens is 1. The fraction of sp³-hybridized carbons (Fsp3) is 0.400. The summed E-state index contributed by atoms with van der Waals surface area (Å²) in [7, 11) is 0. The van der Waals surface area contributed by atoms with Crippen LogP contribution in [0.5, 0.6) is 11.5 Å². The zero-order valence-corrected chi connectivity index (χ0v) is 19.0. The van der Waals surface area contributed by atoms with Crippen LogP contribution in [-0.4, -0.2) is 43.0 Å². The predicted molar refractivity (Wildman–Crippen MR) is 127 cm³/mol. The Balaban J connectivity index is 1.69. The molecule has 31 heavy (non-hydrogen) atoms. The van der Waals surface area contributed by atoms with Gasteiger partial charge in [0.05, 0.1) is 17.9 Å². The van der Waals surface area contributed by atoms with Crippen LogP contribution in [0.3, 0.4) is 0 Å². The molecular formula is C25H30ClN3O2. The number of hydrogen-bond donors (Lipinski definition) is 1. The SMILES string of the molecule is C=C(OCC)C(CCC)C1CN(C2=Nc3cc(Cl)ccc3Oc3ccccc32)CCN1. The van der Waals surface area contributed by atoms with Crippen molar-refractivity contribution in [2.75, 3.05) is 26.2 Å². The first-order valence-corrected chi connectivity index (χ1v) is 11.4. The summed E-state index contributed by atoms with van der Waals surface area (Å²) in [6.07, 6.45) is 2.12. The van der Waals surface area contributed by atoms with E-state index in [0.717, 1.165) is 61.1 Å². The van der Waals surface area contributed by atoms with E-state index in [4.69, 9.17) is 26.1 Å². The molecule has 2 heterocycles. The first kappa shape index (κ1) is 21.7. The lowest BCUT2D eigenvalue weighted by atomic mass is 9.91. The van der Waals surface area contributed by atoms with Gasteiger partial charge in [-0.05, 0) is 43.7 Å². The molecule has 2 unspecified atom stereocenters. The molecule has 0 bridgehead atoms. The number of nitrogens with one attached hydrogen (secondary N) is 1. The minimum absolute atomic E-state index is 0.241. The van der Waals surface area contributed by atoms with Gasteiger partial charge in [-0.15, -0.1) is 0 Å². The van der Waals surface area contributed by atoms with Gasteiger partial charge in [0.25, 0.3) is 0 Å². The Bertz CT molecular complexity index is 975. The highest BCUT2D eigenvalue weighted by molar-refractivity contribution is 6.31. The van der Waals surface area contributed by atoms with Gasteiger partial charge in [-0.1, -0.05) is 43.7 Å². The van der Waals surface area contributed by atoms with E-state index in [0.29, 0.717) is 17.4 Å². The molecule has 2 aliphatic heterocycles. The number of amidine groups is 1. The summed E-state index contributed by atoms with van der Waals surface area (Å²) in [5.41, 5.74) is 1.74. The van der Waals surface area contributed by atoms with Gasteiger partial charge in [0, 0.05) is 36.6 Å². The maximum atomic E-state index is 6.27. The first-order chi connectivity index (χ1) is 15.1. The van der Waals surface area contributed by atoms with Gasteiger partial charge < -0.3 is 19.7 Å². The highest BCUT2D eigenvalue weighted by atomic mass is 35.5. The number of ether oxygens (including phenoxy) is 2. The number of aliphatic imine (C=N–C) groups is 1. The van der Waals surface area contributed by atoms with Crippen LogP contribution in [0.1, 0.15) is 32.3 Å². The van der Waals surface area contributed by atoms with Crippen LogP contribution in [0.4, 0.5) is 5.69 Å². The summed E-state index contributed by atoms with van der Waals surface area (Å²) in [5, 5.41) is 4.33. The highest BCUT2D eigenvalue weighted by Crippen LogP contribution is 2.39. The molecule has 6 heteroatoms. The maximum Gasteiger partial charge on any atom is 0.153 e. The van der Waals surface area contributed by atoms with E-state index in [9.17, 15) is 0 Å². The molecule has 1 saturated heterocycles. The second-order valence-electron chi connectivity index (χ2n) is 7.95. The molecule has 2 aliphatic rings. The molecule has 0 aliphatic carbocycles. The van der Waals surface area contributed by atoms with Crippen molar-refractivity contribution in [2.24, 2.45) is 10.9 Å². The van der Waals surface area contributed by atoms with Crippen molar-refractivity contribution in [3.8, 4) is 11.5 Å². The van der Waals surface area contributed by atoms with Crippen molar-refractivity contribution in [1.29, 1.82) is 0 Å². The van der Waals surface area contributed by atoms with E-state index in [1.165, 1.54) is 0 Å². The van der Waals surface area contributed by atoms with Gasteiger partial charge in [-0.25, -0.2) is 4.99 Å². The number of fused-ring (bicyclic) bond motifs is 2. The monoisotopic (exact) mass is 439 g/mol. The van der Waals surface area contributed by atoms with Gasteiger partial charge in [0.2, 0.25) is 0 Å².